The fourth-order valence-corrected chi connectivity index (χ4v) is 1.54. The molecular weight excluding hydrogens is 260 g/mol. The van der Waals surface area contributed by atoms with Gasteiger partial charge in [0.2, 0.25) is 0 Å². The minimum Gasteiger partial charge on any atom is -0.494 e. The Hall–Kier alpha value is -2.24. The Kier molecular flexibility index (Phi) is 5.83. The Morgan fingerprint density at radius 2 is 2.10 bits per heavy atom. The van der Waals surface area contributed by atoms with Gasteiger partial charge in [-0.05, 0) is 43.0 Å². The van der Waals surface area contributed by atoms with Crippen LogP contribution in [0, 0.1) is 0 Å². The van der Waals surface area contributed by atoms with Gasteiger partial charge in [0.15, 0.2) is 0 Å². The fraction of sp³-hybridized carbons (Fsp3) is 0.462. The summed E-state index contributed by atoms with van der Waals surface area (Å²) in [5, 5.41) is 12.4. The van der Waals surface area contributed by atoms with Gasteiger partial charge in [0.05, 0.1) is 6.61 Å². The number of hydrogen-bond donors (Lipinski definition) is 2. The maximum absolute atomic E-state index is 11.0. The van der Waals surface area contributed by atoms with Crippen LogP contribution in [0.25, 0.3) is 10.4 Å². The van der Waals surface area contributed by atoms with E-state index in [1.54, 1.807) is 24.3 Å². The molecule has 7 nitrogen and oxygen atoms in total. The van der Waals surface area contributed by atoms with E-state index in [-0.39, 0.29) is 0 Å². The maximum atomic E-state index is 11.0. The lowest BCUT2D eigenvalue weighted by molar-refractivity contribution is -0.143. The molecule has 0 bridgehead atoms. The highest BCUT2D eigenvalue weighted by molar-refractivity contribution is 5.79. The van der Waals surface area contributed by atoms with E-state index < -0.39 is 11.5 Å². The summed E-state index contributed by atoms with van der Waals surface area (Å²) in [5.41, 5.74) is 12.9. The Balaban J connectivity index is 2.47. The third-order valence-corrected chi connectivity index (χ3v) is 2.88. The van der Waals surface area contributed by atoms with Gasteiger partial charge < -0.3 is 15.6 Å². The summed E-state index contributed by atoms with van der Waals surface area (Å²) >= 11 is 0. The predicted octanol–water partition coefficient (Wildman–Crippen LogP) is 2.41. The molecule has 0 spiro atoms. The van der Waals surface area contributed by atoms with Crippen LogP contribution < -0.4 is 10.5 Å². The fourth-order valence-electron chi connectivity index (χ4n) is 1.54. The van der Waals surface area contributed by atoms with Crippen molar-refractivity contribution in [3.63, 3.8) is 0 Å². The molecule has 1 unspecified atom stereocenters. The van der Waals surface area contributed by atoms with E-state index in [0.717, 1.165) is 12.8 Å². The summed E-state index contributed by atoms with van der Waals surface area (Å²) < 4.78 is 5.49. The summed E-state index contributed by atoms with van der Waals surface area (Å²) in [6, 6.07) is 6.67. The van der Waals surface area contributed by atoms with E-state index in [9.17, 15) is 4.79 Å². The van der Waals surface area contributed by atoms with Crippen LogP contribution in [0.3, 0.4) is 0 Å². The monoisotopic (exact) mass is 278 g/mol. The minimum atomic E-state index is -1.41. The topological polar surface area (TPSA) is 121 Å². The maximum Gasteiger partial charge on any atom is 0.328 e. The lowest BCUT2D eigenvalue weighted by atomic mass is 9.93. The van der Waals surface area contributed by atoms with Crippen LogP contribution in [0.1, 0.15) is 25.3 Å². The summed E-state index contributed by atoms with van der Waals surface area (Å²) in [5.74, 6) is -0.428. The highest BCUT2D eigenvalue weighted by Crippen LogP contribution is 2.21. The van der Waals surface area contributed by atoms with E-state index in [4.69, 9.17) is 21.1 Å². The van der Waals surface area contributed by atoms with Gasteiger partial charge in [-0.2, -0.15) is 0 Å². The average Bonchev–Trinajstić information content (AvgIpc) is 2.43. The summed E-state index contributed by atoms with van der Waals surface area (Å²) in [6.07, 6.45) is 1.55. The number of nitrogens with two attached hydrogens (primary N) is 1. The second kappa shape index (κ2) is 7.37. The van der Waals surface area contributed by atoms with E-state index in [1.165, 1.54) is 6.92 Å². The van der Waals surface area contributed by atoms with Crippen molar-refractivity contribution in [2.24, 2.45) is 10.8 Å². The smallest absolute Gasteiger partial charge is 0.328 e. The number of unbranched alkanes of at least 4 members (excludes halogenated alkanes) is 1. The average molecular weight is 278 g/mol. The first-order valence-electron chi connectivity index (χ1n) is 6.25. The number of carbonyl (C=O) groups is 1. The lowest BCUT2D eigenvalue weighted by Gasteiger charge is -2.19. The van der Waals surface area contributed by atoms with Crippen molar-refractivity contribution in [1.29, 1.82) is 0 Å². The Labute approximate surface area is 117 Å². The number of nitrogens with zero attached hydrogens (tertiary/aromatic N) is 3. The molecule has 20 heavy (non-hydrogen) atoms. The molecule has 1 atom stereocenters. The first-order chi connectivity index (χ1) is 9.48. The lowest BCUT2D eigenvalue weighted by Crippen LogP contribution is -2.41. The number of carboxylic acids is 1. The number of azide groups is 1. The van der Waals surface area contributed by atoms with Gasteiger partial charge in [-0.15, -0.1) is 0 Å². The Morgan fingerprint density at radius 3 is 2.65 bits per heavy atom. The number of aliphatic carboxylic acids is 1. The third kappa shape index (κ3) is 4.46. The molecule has 0 aliphatic rings. The summed E-state index contributed by atoms with van der Waals surface area (Å²) in [4.78, 5) is 13.7. The molecule has 0 aliphatic carbocycles. The van der Waals surface area contributed by atoms with Crippen molar-refractivity contribution in [1.82, 2.24) is 0 Å². The molecule has 0 aromatic heterocycles. The number of rotatable bonds is 8. The molecule has 3 N–H and O–H groups in total. The highest BCUT2D eigenvalue weighted by Gasteiger charge is 2.29. The van der Waals surface area contributed by atoms with Crippen molar-refractivity contribution in [3.8, 4) is 5.75 Å². The van der Waals surface area contributed by atoms with E-state index in [0.29, 0.717) is 24.5 Å². The zero-order valence-electron chi connectivity index (χ0n) is 11.3. The number of benzene rings is 1. The van der Waals surface area contributed by atoms with Crippen LogP contribution in [0.4, 0.5) is 0 Å². The predicted molar refractivity (Wildman–Crippen MR) is 74.4 cm³/mol. The third-order valence-electron chi connectivity index (χ3n) is 2.88. The van der Waals surface area contributed by atoms with Crippen LogP contribution in [-0.4, -0.2) is 24.2 Å². The molecule has 1 aromatic rings. The quantitative estimate of drug-likeness (QED) is 0.328. The molecule has 0 saturated carbocycles. The van der Waals surface area contributed by atoms with Gasteiger partial charge in [0.1, 0.15) is 11.3 Å². The molecule has 0 fully saturated rings. The van der Waals surface area contributed by atoms with Gasteiger partial charge in [-0.25, -0.2) is 4.79 Å². The van der Waals surface area contributed by atoms with Crippen molar-refractivity contribution < 1.29 is 14.6 Å². The zero-order chi connectivity index (χ0) is 15.0. The summed E-state index contributed by atoms with van der Waals surface area (Å²) in [7, 11) is 0. The molecule has 1 aromatic carbocycles. The van der Waals surface area contributed by atoms with Crippen molar-refractivity contribution in [3.05, 3.63) is 40.3 Å². The first kappa shape index (κ1) is 15.8. The van der Waals surface area contributed by atoms with Crippen molar-refractivity contribution >= 4 is 5.97 Å². The second-order valence-corrected chi connectivity index (χ2v) is 4.54. The molecule has 0 aliphatic heterocycles. The SMILES string of the molecule is CC(N)(C(=O)O)c1ccc(OCCCCN=[N+]=[N-])cc1. The normalized spacial score (nSPS) is 13.1. The van der Waals surface area contributed by atoms with Gasteiger partial charge in [0.25, 0.3) is 0 Å². The molecule has 0 heterocycles. The van der Waals surface area contributed by atoms with Crippen molar-refractivity contribution in [2.45, 2.75) is 25.3 Å². The van der Waals surface area contributed by atoms with E-state index in [1.807, 2.05) is 0 Å². The van der Waals surface area contributed by atoms with Crippen molar-refractivity contribution in [2.75, 3.05) is 13.2 Å². The Morgan fingerprint density at radius 1 is 1.45 bits per heavy atom. The molecule has 1 rings (SSSR count). The number of carboxylic acid groups (broad SMARTS) is 1. The number of hydrogen-bond acceptors (Lipinski definition) is 4. The molecule has 0 amide bonds. The van der Waals surface area contributed by atoms with E-state index >= 15 is 0 Å². The van der Waals surface area contributed by atoms with Gasteiger partial charge in [-0.3, -0.25) is 0 Å². The van der Waals surface area contributed by atoms with Crippen LogP contribution >= 0.6 is 0 Å². The second-order valence-electron chi connectivity index (χ2n) is 4.54. The van der Waals surface area contributed by atoms with Crippen LogP contribution in [-0.2, 0) is 10.3 Å². The van der Waals surface area contributed by atoms with Gasteiger partial charge >= 0.3 is 5.97 Å². The molecular formula is C13H18N4O3. The van der Waals surface area contributed by atoms with Gasteiger partial charge in [-0.1, -0.05) is 17.2 Å². The standard InChI is InChI=1S/C13H18N4O3/c1-13(14,12(18)19)10-4-6-11(7-5-10)20-9-3-2-8-16-17-15/h4-7H,2-3,8-9,14H2,1H3,(H,18,19). The van der Waals surface area contributed by atoms with Gasteiger partial charge in [0, 0.05) is 11.5 Å². The van der Waals surface area contributed by atoms with Crippen LogP contribution in [0.15, 0.2) is 29.4 Å². The minimum absolute atomic E-state index is 0.461. The molecule has 7 heteroatoms. The summed E-state index contributed by atoms with van der Waals surface area (Å²) in [6.45, 7) is 2.42. The highest BCUT2D eigenvalue weighted by atomic mass is 16.5. The van der Waals surface area contributed by atoms with Crippen LogP contribution in [0.5, 0.6) is 5.75 Å². The zero-order valence-corrected chi connectivity index (χ0v) is 11.3. The largest absolute Gasteiger partial charge is 0.494 e. The Bertz CT molecular complexity index is 493. The molecule has 0 saturated heterocycles. The molecule has 108 valence electrons. The number of ether oxygens (including phenoxy) is 1. The first-order valence-corrected chi connectivity index (χ1v) is 6.25. The molecule has 0 radical (unpaired) electrons. The van der Waals surface area contributed by atoms with E-state index in [2.05, 4.69) is 10.0 Å². The van der Waals surface area contributed by atoms with Crippen LogP contribution in [0.2, 0.25) is 0 Å².